The normalized spacial score (nSPS) is 19.4. The molecule has 0 aromatic carbocycles. The molecular formula is C30H39FN6O3. The van der Waals surface area contributed by atoms with Gasteiger partial charge in [-0.3, -0.25) is 14.6 Å². The maximum Gasteiger partial charge on any atom is 0.290 e. The Morgan fingerprint density at radius 3 is 2.48 bits per heavy atom. The average molecular weight is 551 g/mol. The SMILES string of the molecule is C=C/C=C(\C=C(\F)CC)N1C=C(/N=C(\C)C(=O)N2CCN(c3ccc(CC(=O)N=O)cn3)CC2(C)C)C(C)(C)C1. The van der Waals surface area contributed by atoms with Crippen LogP contribution in [0.2, 0.25) is 0 Å². The number of pyridine rings is 1. The number of rotatable bonds is 9. The van der Waals surface area contributed by atoms with Crippen molar-refractivity contribution in [3.63, 3.8) is 0 Å². The third kappa shape index (κ3) is 7.16. The lowest BCUT2D eigenvalue weighted by atomic mass is 9.92. The van der Waals surface area contributed by atoms with E-state index in [-0.39, 0.29) is 23.6 Å². The molecule has 2 amide bonds. The Balaban J connectivity index is 1.76. The molecule has 0 radical (unpaired) electrons. The van der Waals surface area contributed by atoms with Crippen molar-refractivity contribution in [2.24, 2.45) is 15.6 Å². The number of nitroso groups, excluding NO2 is 1. The zero-order valence-electron chi connectivity index (χ0n) is 24.3. The molecule has 0 unspecified atom stereocenters. The Morgan fingerprint density at radius 1 is 1.18 bits per heavy atom. The molecule has 40 heavy (non-hydrogen) atoms. The zero-order chi connectivity index (χ0) is 29.7. The fraction of sp³-hybridized carbons (Fsp3) is 0.467. The molecule has 0 saturated carbocycles. The standard InChI is InChI=1S/C30H39FN6O3/c1-8-10-24(16-23(31)9-2)36-18-25(29(4,5)19-36)33-21(3)28(39)37-14-13-35(20-30(37,6)7)26-12-11-22(17-32-26)15-27(38)34-40/h8,10-12,16-18H,1,9,13-15,19-20H2,2-7H3/b23-16+,24-10+,33-21+. The first-order chi connectivity index (χ1) is 18.8. The highest BCUT2D eigenvalue weighted by molar-refractivity contribution is 6.38. The summed E-state index contributed by atoms with van der Waals surface area (Å²) < 4.78 is 14.1. The average Bonchev–Trinajstić information content (AvgIpc) is 3.21. The van der Waals surface area contributed by atoms with Gasteiger partial charge in [-0.2, -0.15) is 0 Å². The van der Waals surface area contributed by atoms with Gasteiger partial charge in [-0.05, 0) is 51.0 Å². The monoisotopic (exact) mass is 550 g/mol. The second-order valence-corrected chi connectivity index (χ2v) is 11.4. The fourth-order valence-corrected chi connectivity index (χ4v) is 4.90. The molecular weight excluding hydrogens is 511 g/mol. The lowest BCUT2D eigenvalue weighted by Gasteiger charge is -2.47. The topological polar surface area (TPSA) is 98.5 Å². The van der Waals surface area contributed by atoms with E-state index in [1.165, 1.54) is 6.08 Å². The smallest absolute Gasteiger partial charge is 0.290 e. The van der Waals surface area contributed by atoms with Crippen LogP contribution in [0.15, 0.2) is 76.7 Å². The Bertz CT molecular complexity index is 1280. The van der Waals surface area contributed by atoms with Gasteiger partial charge >= 0.3 is 0 Å². The third-order valence-corrected chi connectivity index (χ3v) is 7.13. The minimum absolute atomic E-state index is 0.0770. The predicted molar refractivity (Wildman–Crippen MR) is 156 cm³/mol. The van der Waals surface area contributed by atoms with Crippen LogP contribution in [0.4, 0.5) is 10.2 Å². The number of carbonyl (C=O) groups is 2. The quantitative estimate of drug-likeness (QED) is 0.234. The maximum absolute atomic E-state index is 14.1. The molecule has 10 heteroatoms. The van der Waals surface area contributed by atoms with Gasteiger partial charge in [-0.1, -0.05) is 39.5 Å². The number of halogens is 1. The molecule has 0 atom stereocenters. The first-order valence-corrected chi connectivity index (χ1v) is 13.4. The van der Waals surface area contributed by atoms with E-state index in [9.17, 15) is 18.9 Å². The van der Waals surface area contributed by atoms with Crippen LogP contribution in [0.5, 0.6) is 0 Å². The minimum Gasteiger partial charge on any atom is -0.353 e. The van der Waals surface area contributed by atoms with E-state index in [2.05, 4.69) is 35.5 Å². The second-order valence-electron chi connectivity index (χ2n) is 11.4. The lowest BCUT2D eigenvalue weighted by Crippen LogP contribution is -2.62. The number of piperazine rings is 1. The predicted octanol–water partition coefficient (Wildman–Crippen LogP) is 5.32. The summed E-state index contributed by atoms with van der Waals surface area (Å²) in [5.41, 5.74) is 1.59. The number of nitrogens with zero attached hydrogens (tertiary/aromatic N) is 6. The van der Waals surface area contributed by atoms with Gasteiger partial charge in [0.25, 0.3) is 11.8 Å². The van der Waals surface area contributed by atoms with Gasteiger partial charge < -0.3 is 14.7 Å². The maximum atomic E-state index is 14.1. The molecule has 1 aromatic rings. The highest BCUT2D eigenvalue weighted by Crippen LogP contribution is 2.37. The lowest BCUT2D eigenvalue weighted by molar-refractivity contribution is -0.129. The zero-order valence-corrected chi connectivity index (χ0v) is 24.3. The van der Waals surface area contributed by atoms with E-state index in [1.807, 2.05) is 35.9 Å². The van der Waals surface area contributed by atoms with Crippen molar-refractivity contribution in [1.82, 2.24) is 14.8 Å². The van der Waals surface area contributed by atoms with Gasteiger partial charge in [0.15, 0.2) is 0 Å². The Hall–Kier alpha value is -3.95. The Kier molecular flexibility index (Phi) is 9.55. The molecule has 0 aliphatic carbocycles. The number of carbonyl (C=O) groups excluding carboxylic acids is 2. The molecule has 0 bridgehead atoms. The summed E-state index contributed by atoms with van der Waals surface area (Å²) in [7, 11) is 0. The number of aromatic nitrogens is 1. The first-order valence-electron chi connectivity index (χ1n) is 13.4. The van der Waals surface area contributed by atoms with Crippen molar-refractivity contribution in [3.8, 4) is 0 Å². The van der Waals surface area contributed by atoms with Crippen LogP contribution in [0.1, 0.15) is 53.5 Å². The van der Waals surface area contributed by atoms with E-state index in [0.717, 1.165) is 11.5 Å². The van der Waals surface area contributed by atoms with Crippen molar-refractivity contribution >= 4 is 23.3 Å². The molecule has 9 nitrogen and oxygen atoms in total. The van der Waals surface area contributed by atoms with Crippen molar-refractivity contribution in [1.29, 1.82) is 0 Å². The number of allylic oxidation sites excluding steroid dienone is 4. The molecule has 2 aliphatic rings. The Morgan fingerprint density at radius 2 is 1.90 bits per heavy atom. The summed E-state index contributed by atoms with van der Waals surface area (Å²) in [6.07, 6.45) is 8.57. The van der Waals surface area contributed by atoms with Gasteiger partial charge in [-0.25, -0.2) is 9.37 Å². The largest absolute Gasteiger partial charge is 0.353 e. The summed E-state index contributed by atoms with van der Waals surface area (Å²) in [5, 5.41) is 2.42. The molecule has 3 rings (SSSR count). The van der Waals surface area contributed by atoms with Gasteiger partial charge in [0.05, 0.1) is 17.7 Å². The summed E-state index contributed by atoms with van der Waals surface area (Å²) in [6.45, 7) is 17.6. The molecule has 0 N–H and O–H groups in total. The molecule has 1 aromatic heterocycles. The van der Waals surface area contributed by atoms with Crippen molar-refractivity contribution in [3.05, 3.63) is 77.0 Å². The number of aliphatic imine (C=N–C) groups is 1. The van der Waals surface area contributed by atoms with Gasteiger partial charge in [0, 0.05) is 54.9 Å². The molecule has 3 heterocycles. The van der Waals surface area contributed by atoms with Crippen LogP contribution < -0.4 is 4.90 Å². The summed E-state index contributed by atoms with van der Waals surface area (Å²) in [4.78, 5) is 50.4. The number of hydrogen-bond donors (Lipinski definition) is 0. The number of hydrogen-bond acceptors (Lipinski definition) is 7. The van der Waals surface area contributed by atoms with Crippen LogP contribution >= 0.6 is 0 Å². The molecule has 0 spiro atoms. The molecule has 1 fully saturated rings. The van der Waals surface area contributed by atoms with E-state index >= 15 is 0 Å². The Labute approximate surface area is 235 Å². The van der Waals surface area contributed by atoms with Crippen LogP contribution in [0, 0.1) is 10.3 Å². The first kappa shape index (κ1) is 30.6. The summed E-state index contributed by atoms with van der Waals surface area (Å²) in [6, 6.07) is 3.57. The summed E-state index contributed by atoms with van der Waals surface area (Å²) in [5.74, 6) is -0.363. The van der Waals surface area contributed by atoms with Crippen molar-refractivity contribution < 1.29 is 14.0 Å². The van der Waals surface area contributed by atoms with E-state index in [1.54, 1.807) is 38.3 Å². The summed E-state index contributed by atoms with van der Waals surface area (Å²) >= 11 is 0. The second kappa shape index (κ2) is 12.5. The van der Waals surface area contributed by atoms with E-state index < -0.39 is 11.4 Å². The molecule has 214 valence electrons. The minimum atomic E-state index is -0.736. The third-order valence-electron chi connectivity index (χ3n) is 7.13. The fourth-order valence-electron chi connectivity index (χ4n) is 4.90. The number of anilines is 1. The van der Waals surface area contributed by atoms with Crippen molar-refractivity contribution in [2.75, 3.05) is 31.1 Å². The van der Waals surface area contributed by atoms with E-state index in [4.69, 9.17) is 4.99 Å². The highest BCUT2D eigenvalue weighted by Gasteiger charge is 2.39. The molecule has 1 saturated heterocycles. The number of amides is 2. The van der Waals surface area contributed by atoms with Crippen LogP contribution in [0.3, 0.4) is 0 Å². The van der Waals surface area contributed by atoms with Crippen molar-refractivity contribution in [2.45, 2.75) is 59.9 Å². The van der Waals surface area contributed by atoms with Crippen LogP contribution in [-0.2, 0) is 16.0 Å². The van der Waals surface area contributed by atoms with Crippen LogP contribution in [-0.4, -0.2) is 64.0 Å². The van der Waals surface area contributed by atoms with E-state index in [0.29, 0.717) is 49.6 Å². The highest BCUT2D eigenvalue weighted by atomic mass is 19.1. The van der Waals surface area contributed by atoms with Gasteiger partial charge in [0.1, 0.15) is 17.4 Å². The van der Waals surface area contributed by atoms with Crippen LogP contribution in [0.25, 0.3) is 0 Å². The van der Waals surface area contributed by atoms with Gasteiger partial charge in [0.2, 0.25) is 0 Å². The molecule has 2 aliphatic heterocycles. The van der Waals surface area contributed by atoms with Gasteiger partial charge in [-0.15, -0.1) is 4.91 Å².